The smallest absolute Gasteiger partial charge is 0.279 e. The monoisotopic (exact) mass is 260 g/mol. The SMILES string of the molecule is O=S(=O)(NCCc1ncn[nH]1)N1CCNCC1. The maximum absolute atomic E-state index is 11.9. The Labute approximate surface area is 100.0 Å². The van der Waals surface area contributed by atoms with Gasteiger partial charge in [0, 0.05) is 39.1 Å². The van der Waals surface area contributed by atoms with Gasteiger partial charge in [-0.15, -0.1) is 0 Å². The lowest BCUT2D eigenvalue weighted by molar-refractivity contribution is 0.355. The molecule has 1 saturated heterocycles. The van der Waals surface area contributed by atoms with Crippen LogP contribution in [-0.4, -0.2) is 60.6 Å². The Bertz CT molecular complexity index is 425. The molecule has 0 bridgehead atoms. The summed E-state index contributed by atoms with van der Waals surface area (Å²) >= 11 is 0. The highest BCUT2D eigenvalue weighted by Gasteiger charge is 2.22. The molecule has 8 nitrogen and oxygen atoms in total. The van der Waals surface area contributed by atoms with E-state index in [1.54, 1.807) is 0 Å². The van der Waals surface area contributed by atoms with Crippen molar-refractivity contribution >= 4 is 10.2 Å². The van der Waals surface area contributed by atoms with E-state index in [9.17, 15) is 8.42 Å². The third-order valence-electron chi connectivity index (χ3n) is 2.53. The summed E-state index contributed by atoms with van der Waals surface area (Å²) in [5.74, 6) is 0.674. The van der Waals surface area contributed by atoms with Crippen LogP contribution >= 0.6 is 0 Å². The molecule has 9 heteroatoms. The Kier molecular flexibility index (Phi) is 4.05. The minimum atomic E-state index is -3.36. The molecule has 2 rings (SSSR count). The second kappa shape index (κ2) is 5.54. The van der Waals surface area contributed by atoms with E-state index in [-0.39, 0.29) is 0 Å². The number of nitrogens with zero attached hydrogens (tertiary/aromatic N) is 3. The van der Waals surface area contributed by atoms with Crippen LogP contribution in [0.2, 0.25) is 0 Å². The summed E-state index contributed by atoms with van der Waals surface area (Å²) in [7, 11) is -3.36. The molecule has 0 spiro atoms. The molecule has 1 aromatic rings. The molecule has 1 fully saturated rings. The van der Waals surface area contributed by atoms with E-state index < -0.39 is 10.2 Å². The fourth-order valence-corrected chi connectivity index (χ4v) is 2.83. The van der Waals surface area contributed by atoms with Gasteiger partial charge < -0.3 is 5.32 Å². The topological polar surface area (TPSA) is 103 Å². The third kappa shape index (κ3) is 3.46. The fraction of sp³-hybridized carbons (Fsp3) is 0.750. The number of hydrogen-bond acceptors (Lipinski definition) is 5. The van der Waals surface area contributed by atoms with Crippen LogP contribution in [0.3, 0.4) is 0 Å². The van der Waals surface area contributed by atoms with E-state index >= 15 is 0 Å². The van der Waals surface area contributed by atoms with Crippen LogP contribution < -0.4 is 10.0 Å². The van der Waals surface area contributed by atoms with Gasteiger partial charge in [0.1, 0.15) is 12.2 Å². The highest BCUT2D eigenvalue weighted by molar-refractivity contribution is 7.87. The average molecular weight is 260 g/mol. The minimum absolute atomic E-state index is 0.321. The predicted molar refractivity (Wildman–Crippen MR) is 61.5 cm³/mol. The quantitative estimate of drug-likeness (QED) is 0.573. The van der Waals surface area contributed by atoms with E-state index in [1.807, 2.05) is 0 Å². The lowest BCUT2D eigenvalue weighted by atomic mass is 10.4. The van der Waals surface area contributed by atoms with Crippen molar-refractivity contribution in [2.24, 2.45) is 0 Å². The molecule has 1 aliphatic heterocycles. The molecular weight excluding hydrogens is 244 g/mol. The van der Waals surface area contributed by atoms with E-state index in [2.05, 4.69) is 25.2 Å². The Morgan fingerprint density at radius 1 is 1.41 bits per heavy atom. The van der Waals surface area contributed by atoms with Gasteiger partial charge in [0.25, 0.3) is 10.2 Å². The Hall–Kier alpha value is -1.03. The molecule has 17 heavy (non-hydrogen) atoms. The van der Waals surface area contributed by atoms with Gasteiger partial charge in [0.05, 0.1) is 0 Å². The average Bonchev–Trinajstić information content (AvgIpc) is 2.83. The first-order chi connectivity index (χ1) is 8.18. The highest BCUT2D eigenvalue weighted by atomic mass is 32.2. The maximum Gasteiger partial charge on any atom is 0.279 e. The van der Waals surface area contributed by atoms with Crippen molar-refractivity contribution in [1.29, 1.82) is 0 Å². The van der Waals surface area contributed by atoms with Crippen molar-refractivity contribution in [2.45, 2.75) is 6.42 Å². The number of nitrogens with one attached hydrogen (secondary N) is 3. The largest absolute Gasteiger partial charge is 0.314 e. The molecule has 0 amide bonds. The lowest BCUT2D eigenvalue weighted by Crippen LogP contribution is -2.50. The van der Waals surface area contributed by atoms with Gasteiger partial charge in [-0.05, 0) is 0 Å². The molecule has 0 radical (unpaired) electrons. The van der Waals surface area contributed by atoms with Crippen LogP contribution in [0, 0.1) is 0 Å². The first-order valence-corrected chi connectivity index (χ1v) is 6.92. The molecule has 1 aliphatic rings. The van der Waals surface area contributed by atoms with Gasteiger partial charge in [-0.2, -0.15) is 17.8 Å². The Morgan fingerprint density at radius 3 is 2.82 bits per heavy atom. The van der Waals surface area contributed by atoms with Gasteiger partial charge >= 0.3 is 0 Å². The number of piperazine rings is 1. The molecule has 0 saturated carbocycles. The second-order valence-electron chi connectivity index (χ2n) is 3.73. The van der Waals surface area contributed by atoms with Crippen molar-refractivity contribution < 1.29 is 8.42 Å². The van der Waals surface area contributed by atoms with E-state index in [0.29, 0.717) is 45.0 Å². The number of aromatic nitrogens is 3. The normalized spacial score (nSPS) is 18.4. The first-order valence-electron chi connectivity index (χ1n) is 5.48. The maximum atomic E-state index is 11.9. The summed E-state index contributed by atoms with van der Waals surface area (Å²) in [4.78, 5) is 3.92. The van der Waals surface area contributed by atoms with Gasteiger partial charge in [0.15, 0.2) is 0 Å². The molecule has 0 aliphatic carbocycles. The van der Waals surface area contributed by atoms with Crippen molar-refractivity contribution in [1.82, 2.24) is 29.5 Å². The van der Waals surface area contributed by atoms with E-state index in [1.165, 1.54) is 10.6 Å². The summed E-state index contributed by atoms with van der Waals surface area (Å²) in [6.07, 6.45) is 1.91. The summed E-state index contributed by atoms with van der Waals surface area (Å²) in [5, 5.41) is 9.49. The Balaban J connectivity index is 1.80. The zero-order valence-electron chi connectivity index (χ0n) is 9.39. The van der Waals surface area contributed by atoms with Crippen molar-refractivity contribution in [3.63, 3.8) is 0 Å². The van der Waals surface area contributed by atoms with Crippen molar-refractivity contribution in [3.05, 3.63) is 12.2 Å². The zero-order chi connectivity index (χ0) is 12.1. The highest BCUT2D eigenvalue weighted by Crippen LogP contribution is 1.99. The van der Waals surface area contributed by atoms with Crippen LogP contribution in [0.15, 0.2) is 6.33 Å². The minimum Gasteiger partial charge on any atom is -0.314 e. The third-order valence-corrected chi connectivity index (χ3v) is 4.14. The van der Waals surface area contributed by atoms with Crippen molar-refractivity contribution in [2.75, 3.05) is 32.7 Å². The van der Waals surface area contributed by atoms with Gasteiger partial charge in [-0.1, -0.05) is 0 Å². The molecule has 0 aromatic carbocycles. The summed E-state index contributed by atoms with van der Waals surface area (Å²) in [5.41, 5.74) is 0. The number of aromatic amines is 1. The van der Waals surface area contributed by atoms with Gasteiger partial charge in [0.2, 0.25) is 0 Å². The Morgan fingerprint density at radius 2 is 2.18 bits per heavy atom. The molecule has 96 valence electrons. The zero-order valence-corrected chi connectivity index (χ0v) is 10.2. The lowest BCUT2D eigenvalue weighted by Gasteiger charge is -2.26. The van der Waals surface area contributed by atoms with Gasteiger partial charge in [-0.25, -0.2) is 9.71 Å². The molecule has 0 unspecified atom stereocenters. The second-order valence-corrected chi connectivity index (χ2v) is 5.49. The molecule has 3 N–H and O–H groups in total. The molecular formula is C8H16N6O2S. The first kappa shape index (κ1) is 12.4. The van der Waals surface area contributed by atoms with E-state index in [4.69, 9.17) is 0 Å². The molecule has 0 atom stereocenters. The predicted octanol–water partition coefficient (Wildman–Crippen LogP) is -1.91. The van der Waals surface area contributed by atoms with Crippen LogP contribution in [0.1, 0.15) is 5.82 Å². The van der Waals surface area contributed by atoms with Crippen LogP contribution in [0.5, 0.6) is 0 Å². The fourth-order valence-electron chi connectivity index (χ4n) is 1.63. The van der Waals surface area contributed by atoms with E-state index in [0.717, 1.165) is 0 Å². The van der Waals surface area contributed by atoms with Crippen molar-refractivity contribution in [3.8, 4) is 0 Å². The number of H-pyrrole nitrogens is 1. The molecule has 1 aromatic heterocycles. The number of rotatable bonds is 5. The van der Waals surface area contributed by atoms with Gasteiger partial charge in [-0.3, -0.25) is 5.10 Å². The molecule has 2 heterocycles. The summed E-state index contributed by atoms with van der Waals surface area (Å²) in [6, 6.07) is 0. The summed E-state index contributed by atoms with van der Waals surface area (Å²) < 4.78 is 27.7. The van der Waals surface area contributed by atoms with Crippen LogP contribution in [-0.2, 0) is 16.6 Å². The number of hydrogen-bond donors (Lipinski definition) is 3. The standard InChI is InChI=1S/C8H16N6O2S/c15-17(16,14-5-3-9-4-6-14)12-2-1-8-10-7-11-13-8/h7,9,12H,1-6H2,(H,10,11,13). The van der Waals surface area contributed by atoms with Crippen LogP contribution in [0.25, 0.3) is 0 Å². The summed E-state index contributed by atoms with van der Waals surface area (Å²) in [6.45, 7) is 2.74. The van der Waals surface area contributed by atoms with Crippen LogP contribution in [0.4, 0.5) is 0 Å².